The van der Waals surface area contributed by atoms with Crippen LogP contribution in [0.15, 0.2) is 48.7 Å². The number of allylic oxidation sites excluding steroid dienone is 1. The molecule has 3 saturated carbocycles. The minimum absolute atomic E-state index is 0.00319. The van der Waals surface area contributed by atoms with E-state index in [4.69, 9.17) is 9.57 Å². The standard InChI is InChI=1S/C40H59N5O4/c1-23(2)36-35(21-42-26(6)46)49-45(37(36)39(47)43-34-19-30-18-33(25(34)5)40(30,7)8)22-28-13-12-14-32(38(28)48-11)29-15-27(20-41-24(3)4)16-31(17-29)44(9)10/h12-17,23,25,30,33-37,41H,3,18-22H2,1-2,4-11H3,(H,42,46)(H,43,47)/t25-,30+,33-,34-,35-,36-,37-/m0/s1. The normalized spacial score (nSPS) is 27.3. The summed E-state index contributed by atoms with van der Waals surface area (Å²) >= 11 is 0. The molecule has 6 rings (SSSR count). The van der Waals surface area contributed by atoms with Crippen LogP contribution in [0, 0.1) is 35.0 Å². The van der Waals surface area contributed by atoms with Gasteiger partial charge in [0.1, 0.15) is 17.9 Å². The Morgan fingerprint density at radius 1 is 1.12 bits per heavy atom. The number of nitrogens with one attached hydrogen (secondary N) is 3. The molecular weight excluding hydrogens is 614 g/mol. The molecule has 3 aliphatic carbocycles. The van der Waals surface area contributed by atoms with Gasteiger partial charge >= 0.3 is 0 Å². The van der Waals surface area contributed by atoms with Crippen LogP contribution in [-0.4, -0.2) is 62.8 Å². The first-order valence-corrected chi connectivity index (χ1v) is 18.0. The molecule has 0 spiro atoms. The first-order valence-electron chi connectivity index (χ1n) is 18.0. The fourth-order valence-electron chi connectivity index (χ4n) is 8.75. The molecule has 2 aromatic carbocycles. The smallest absolute Gasteiger partial charge is 0.240 e. The number of ether oxygens (including phenoxy) is 1. The molecule has 7 atom stereocenters. The van der Waals surface area contributed by atoms with Gasteiger partial charge in [-0.05, 0) is 78.2 Å². The summed E-state index contributed by atoms with van der Waals surface area (Å²) in [6.07, 6.45) is 1.92. The van der Waals surface area contributed by atoms with Crippen molar-refractivity contribution in [1.29, 1.82) is 0 Å². The zero-order valence-corrected chi connectivity index (χ0v) is 31.4. The molecule has 4 aliphatic rings. The molecule has 2 aromatic rings. The van der Waals surface area contributed by atoms with Crippen molar-refractivity contribution < 1.29 is 19.2 Å². The van der Waals surface area contributed by atoms with Gasteiger partial charge in [0.2, 0.25) is 11.8 Å². The second kappa shape index (κ2) is 14.7. The third-order valence-electron chi connectivity index (χ3n) is 11.7. The third kappa shape index (κ3) is 7.63. The Bertz CT molecular complexity index is 1540. The molecule has 9 heteroatoms. The van der Waals surface area contributed by atoms with Crippen molar-refractivity contribution >= 4 is 17.5 Å². The molecular formula is C40H59N5O4. The van der Waals surface area contributed by atoms with E-state index in [1.165, 1.54) is 13.3 Å². The van der Waals surface area contributed by atoms with Crippen LogP contribution in [0.2, 0.25) is 0 Å². The Morgan fingerprint density at radius 3 is 2.45 bits per heavy atom. The largest absolute Gasteiger partial charge is 0.496 e. The lowest BCUT2D eigenvalue weighted by molar-refractivity contribution is -0.177. The molecule has 0 unspecified atom stereocenters. The number of anilines is 1. The van der Waals surface area contributed by atoms with Gasteiger partial charge in [-0.15, -0.1) is 0 Å². The van der Waals surface area contributed by atoms with Gasteiger partial charge in [0.25, 0.3) is 0 Å². The van der Waals surface area contributed by atoms with Crippen molar-refractivity contribution in [2.24, 2.45) is 35.0 Å². The van der Waals surface area contributed by atoms with Crippen molar-refractivity contribution in [3.05, 3.63) is 59.8 Å². The molecule has 268 valence electrons. The van der Waals surface area contributed by atoms with Crippen molar-refractivity contribution in [3.63, 3.8) is 0 Å². The predicted molar refractivity (Wildman–Crippen MR) is 197 cm³/mol. The summed E-state index contributed by atoms with van der Waals surface area (Å²) in [5.74, 6) is 2.33. The van der Waals surface area contributed by atoms with Crippen LogP contribution in [0.25, 0.3) is 11.1 Å². The van der Waals surface area contributed by atoms with E-state index in [2.05, 4.69) is 86.3 Å². The van der Waals surface area contributed by atoms with E-state index in [0.29, 0.717) is 42.8 Å². The number of carbonyl (C=O) groups is 2. The number of methoxy groups -OCH3 is 1. The van der Waals surface area contributed by atoms with Crippen molar-refractivity contribution in [1.82, 2.24) is 21.0 Å². The first kappa shape index (κ1) is 36.7. The minimum atomic E-state index is -0.525. The summed E-state index contributed by atoms with van der Waals surface area (Å²) in [5, 5.41) is 11.7. The average Bonchev–Trinajstić information content (AvgIpc) is 3.41. The monoisotopic (exact) mass is 673 g/mol. The number of hydrogen-bond acceptors (Lipinski definition) is 7. The van der Waals surface area contributed by atoms with Crippen LogP contribution < -0.4 is 25.6 Å². The lowest BCUT2D eigenvalue weighted by Crippen LogP contribution is -2.62. The predicted octanol–water partition coefficient (Wildman–Crippen LogP) is 6.13. The number of hydrogen-bond donors (Lipinski definition) is 3. The van der Waals surface area contributed by atoms with Crippen LogP contribution in [-0.2, 0) is 27.5 Å². The van der Waals surface area contributed by atoms with E-state index in [9.17, 15) is 9.59 Å². The molecule has 0 radical (unpaired) electrons. The lowest BCUT2D eigenvalue weighted by atomic mass is 9.45. The number of para-hydroxylation sites is 1. The van der Waals surface area contributed by atoms with E-state index in [0.717, 1.165) is 45.8 Å². The summed E-state index contributed by atoms with van der Waals surface area (Å²) < 4.78 is 6.14. The van der Waals surface area contributed by atoms with Gasteiger partial charge in [-0.3, -0.25) is 14.4 Å². The van der Waals surface area contributed by atoms with Gasteiger partial charge in [-0.25, -0.2) is 0 Å². The van der Waals surface area contributed by atoms with Crippen LogP contribution >= 0.6 is 0 Å². The summed E-state index contributed by atoms with van der Waals surface area (Å²) in [6.45, 7) is 20.2. The second-order valence-corrected chi connectivity index (χ2v) is 15.9. The number of rotatable bonds is 13. The minimum Gasteiger partial charge on any atom is -0.496 e. The average molecular weight is 674 g/mol. The molecule has 49 heavy (non-hydrogen) atoms. The van der Waals surface area contributed by atoms with Crippen LogP contribution in [0.5, 0.6) is 5.75 Å². The van der Waals surface area contributed by atoms with E-state index < -0.39 is 6.04 Å². The Morgan fingerprint density at radius 2 is 1.86 bits per heavy atom. The molecule has 2 bridgehead atoms. The molecule has 1 saturated heterocycles. The molecule has 0 aromatic heterocycles. The van der Waals surface area contributed by atoms with Gasteiger partial charge in [-0.2, -0.15) is 5.06 Å². The van der Waals surface area contributed by atoms with Gasteiger partial charge < -0.3 is 25.6 Å². The Kier molecular flexibility index (Phi) is 11.0. The van der Waals surface area contributed by atoms with E-state index in [-0.39, 0.29) is 35.8 Å². The van der Waals surface area contributed by atoms with Crippen LogP contribution in [0.4, 0.5) is 5.69 Å². The summed E-state index contributed by atoms with van der Waals surface area (Å²) in [4.78, 5) is 35.2. The zero-order chi connectivity index (χ0) is 35.8. The van der Waals surface area contributed by atoms with Crippen molar-refractivity contribution in [3.8, 4) is 16.9 Å². The highest BCUT2D eigenvalue weighted by molar-refractivity contribution is 5.83. The van der Waals surface area contributed by atoms with Crippen LogP contribution in [0.3, 0.4) is 0 Å². The molecule has 9 nitrogen and oxygen atoms in total. The van der Waals surface area contributed by atoms with Crippen molar-refractivity contribution in [2.75, 3.05) is 32.6 Å². The first-order chi connectivity index (χ1) is 23.1. The Balaban J connectivity index is 1.47. The quantitative estimate of drug-likeness (QED) is 0.236. The van der Waals surface area contributed by atoms with Crippen molar-refractivity contribution in [2.45, 2.75) is 92.6 Å². The summed E-state index contributed by atoms with van der Waals surface area (Å²) in [7, 11) is 5.78. The van der Waals surface area contributed by atoms with Gasteiger partial charge in [0.15, 0.2) is 0 Å². The Hall–Kier alpha value is -3.56. The number of amides is 2. The highest BCUT2D eigenvalue weighted by Crippen LogP contribution is 2.61. The molecule has 3 N–H and O–H groups in total. The summed E-state index contributed by atoms with van der Waals surface area (Å²) in [5.41, 5.74) is 6.39. The SMILES string of the molecule is C=C(C)NCc1cc(-c2cccc(CN3O[C@@H](CNC(C)=O)[C@H](C(C)C)[C@H]3C(=O)N[C@H]3C[C@H]4C[C@@H]([C@@H]3C)C4(C)C)c2OC)cc(N(C)C)c1. The molecule has 1 heterocycles. The number of benzene rings is 2. The van der Waals surface area contributed by atoms with E-state index >= 15 is 0 Å². The van der Waals surface area contributed by atoms with E-state index in [1.54, 1.807) is 7.11 Å². The van der Waals surface area contributed by atoms with Gasteiger partial charge in [-0.1, -0.05) is 59.4 Å². The zero-order valence-electron chi connectivity index (χ0n) is 31.4. The van der Waals surface area contributed by atoms with Gasteiger partial charge in [0.05, 0.1) is 13.7 Å². The fraction of sp³-hybridized carbons (Fsp3) is 0.600. The maximum atomic E-state index is 14.5. The number of nitrogens with zero attached hydrogens (tertiary/aromatic N) is 2. The Labute approximate surface area is 294 Å². The van der Waals surface area contributed by atoms with Gasteiger partial charge in [0, 0.05) is 68.6 Å². The number of carbonyl (C=O) groups excluding carboxylic acids is 2. The third-order valence-corrected chi connectivity index (χ3v) is 11.7. The maximum Gasteiger partial charge on any atom is 0.240 e. The fourth-order valence-corrected chi connectivity index (χ4v) is 8.75. The second-order valence-electron chi connectivity index (χ2n) is 15.9. The number of hydroxylamine groups is 2. The lowest BCUT2D eigenvalue weighted by Gasteiger charge is -2.62. The molecule has 4 fully saturated rings. The summed E-state index contributed by atoms with van der Waals surface area (Å²) in [6, 6.07) is 12.3. The highest BCUT2D eigenvalue weighted by atomic mass is 16.7. The molecule has 1 aliphatic heterocycles. The topological polar surface area (TPSA) is 95.2 Å². The maximum absolute atomic E-state index is 14.5. The van der Waals surface area contributed by atoms with E-state index in [1.807, 2.05) is 38.2 Å². The molecule has 2 amide bonds. The number of fused-ring (bicyclic) bond motifs is 2. The van der Waals surface area contributed by atoms with Crippen LogP contribution in [0.1, 0.15) is 72.4 Å². The highest BCUT2D eigenvalue weighted by Gasteiger charge is 2.57.